The molecule has 27 heavy (non-hydrogen) atoms. The van der Waals surface area contributed by atoms with Crippen molar-refractivity contribution in [2.45, 2.75) is 0 Å². The monoisotopic (exact) mass is 354 g/mol. The van der Waals surface area contributed by atoms with Gasteiger partial charge in [-0.15, -0.1) is 0 Å². The van der Waals surface area contributed by atoms with E-state index in [9.17, 15) is 4.79 Å². The van der Waals surface area contributed by atoms with Crippen LogP contribution >= 0.6 is 0 Å². The largest absolute Gasteiger partial charge is 0.399 e. The molecule has 0 spiro atoms. The summed E-state index contributed by atoms with van der Waals surface area (Å²) < 4.78 is 1.88. The zero-order chi connectivity index (χ0) is 18.6. The molecule has 0 atom stereocenters. The summed E-state index contributed by atoms with van der Waals surface area (Å²) in [4.78, 5) is 16.8. The molecule has 5 nitrogen and oxygen atoms in total. The first-order chi connectivity index (χ1) is 13.2. The van der Waals surface area contributed by atoms with Crippen molar-refractivity contribution in [2.24, 2.45) is 0 Å². The number of nitrogens with one attached hydrogen (secondary N) is 1. The third-order valence-corrected chi connectivity index (χ3v) is 4.31. The van der Waals surface area contributed by atoms with Crippen LogP contribution < -0.4 is 11.1 Å². The van der Waals surface area contributed by atoms with Gasteiger partial charge in [0.2, 0.25) is 0 Å². The van der Waals surface area contributed by atoms with Crippen molar-refractivity contribution in [3.63, 3.8) is 0 Å². The molecule has 4 rings (SSSR count). The predicted octanol–water partition coefficient (Wildman–Crippen LogP) is 4.37. The molecule has 4 aromatic rings. The van der Waals surface area contributed by atoms with Gasteiger partial charge in [0.25, 0.3) is 5.91 Å². The van der Waals surface area contributed by atoms with Crippen LogP contribution in [0.2, 0.25) is 0 Å². The third kappa shape index (κ3) is 3.57. The Morgan fingerprint density at radius 1 is 0.963 bits per heavy atom. The van der Waals surface area contributed by atoms with Crippen LogP contribution in [0.5, 0.6) is 0 Å². The highest BCUT2D eigenvalue weighted by atomic mass is 16.1. The van der Waals surface area contributed by atoms with Crippen LogP contribution in [0.15, 0.2) is 91.5 Å². The molecule has 0 saturated heterocycles. The highest BCUT2D eigenvalue weighted by Gasteiger charge is 2.11. The highest BCUT2D eigenvalue weighted by molar-refractivity contribution is 6.06. The number of hydrogen-bond donors (Lipinski definition) is 2. The minimum atomic E-state index is -0.185. The lowest BCUT2D eigenvalue weighted by Crippen LogP contribution is -2.13. The maximum absolute atomic E-state index is 12.7. The number of hydrogen-bond acceptors (Lipinski definition) is 3. The number of rotatable bonds is 4. The molecule has 3 N–H and O–H groups in total. The molecule has 0 radical (unpaired) electrons. The molecule has 1 amide bonds. The van der Waals surface area contributed by atoms with Gasteiger partial charge in [0.1, 0.15) is 0 Å². The zero-order valence-electron chi connectivity index (χ0n) is 14.5. The van der Waals surface area contributed by atoms with E-state index >= 15 is 0 Å². The Balaban J connectivity index is 1.60. The second kappa shape index (κ2) is 7.17. The molecule has 0 saturated carbocycles. The van der Waals surface area contributed by atoms with Gasteiger partial charge in [-0.25, -0.2) is 4.98 Å². The van der Waals surface area contributed by atoms with Gasteiger partial charge in [-0.05, 0) is 42.0 Å². The SMILES string of the molecule is Nc1ccc(-c2ccccc2)c(NC(=O)c2ccc(-n3ccnc3)cc2)c1. The van der Waals surface area contributed by atoms with Crippen molar-refractivity contribution in [1.82, 2.24) is 9.55 Å². The maximum atomic E-state index is 12.7. The van der Waals surface area contributed by atoms with E-state index in [0.29, 0.717) is 16.9 Å². The number of carbonyl (C=O) groups is 1. The first-order valence-electron chi connectivity index (χ1n) is 8.55. The fourth-order valence-corrected chi connectivity index (χ4v) is 2.93. The summed E-state index contributed by atoms with van der Waals surface area (Å²) in [5, 5.41) is 2.98. The summed E-state index contributed by atoms with van der Waals surface area (Å²) in [7, 11) is 0. The van der Waals surface area contributed by atoms with E-state index in [2.05, 4.69) is 10.3 Å². The lowest BCUT2D eigenvalue weighted by molar-refractivity contribution is 0.102. The van der Waals surface area contributed by atoms with Crippen molar-refractivity contribution in [3.05, 3.63) is 97.1 Å². The Hall–Kier alpha value is -3.86. The molecule has 3 aromatic carbocycles. The number of anilines is 2. The number of aromatic nitrogens is 2. The van der Waals surface area contributed by atoms with Crippen LogP contribution in [0, 0.1) is 0 Å². The Labute approximate surface area is 157 Å². The highest BCUT2D eigenvalue weighted by Crippen LogP contribution is 2.30. The Kier molecular flexibility index (Phi) is 4.41. The molecule has 0 aliphatic carbocycles. The topological polar surface area (TPSA) is 72.9 Å². The summed E-state index contributed by atoms with van der Waals surface area (Å²) in [6, 6.07) is 22.8. The fraction of sp³-hybridized carbons (Fsp3) is 0. The van der Waals surface area contributed by atoms with E-state index in [1.165, 1.54) is 0 Å². The number of nitrogen functional groups attached to an aromatic ring is 1. The van der Waals surface area contributed by atoms with E-state index in [-0.39, 0.29) is 5.91 Å². The first-order valence-corrected chi connectivity index (χ1v) is 8.55. The van der Waals surface area contributed by atoms with E-state index in [4.69, 9.17) is 5.73 Å². The first kappa shape index (κ1) is 16.6. The van der Waals surface area contributed by atoms with Crippen molar-refractivity contribution < 1.29 is 4.79 Å². The van der Waals surface area contributed by atoms with Crippen LogP contribution in [0.3, 0.4) is 0 Å². The Bertz CT molecular complexity index is 1060. The van der Waals surface area contributed by atoms with Gasteiger partial charge in [-0.3, -0.25) is 4.79 Å². The Morgan fingerprint density at radius 2 is 1.74 bits per heavy atom. The van der Waals surface area contributed by atoms with Crippen LogP contribution in [0.4, 0.5) is 11.4 Å². The summed E-state index contributed by atoms with van der Waals surface area (Å²) in [5.41, 5.74) is 10.7. The van der Waals surface area contributed by atoms with Crippen LogP contribution in [-0.2, 0) is 0 Å². The molecule has 1 heterocycles. The standard InChI is InChI=1S/C22H18N4O/c23-18-8-11-20(16-4-2-1-3-5-16)21(14-18)25-22(27)17-6-9-19(10-7-17)26-13-12-24-15-26/h1-15H,23H2,(H,25,27). The fourth-order valence-electron chi connectivity index (χ4n) is 2.93. The summed E-state index contributed by atoms with van der Waals surface area (Å²) in [6.07, 6.45) is 5.29. The number of nitrogens with two attached hydrogens (primary N) is 1. The second-order valence-corrected chi connectivity index (χ2v) is 6.14. The molecule has 5 heteroatoms. The molecule has 1 aromatic heterocycles. The van der Waals surface area contributed by atoms with Crippen molar-refractivity contribution >= 4 is 17.3 Å². The molecule has 132 valence electrons. The lowest BCUT2D eigenvalue weighted by atomic mass is 10.0. The van der Waals surface area contributed by atoms with Crippen molar-refractivity contribution in [3.8, 4) is 16.8 Å². The maximum Gasteiger partial charge on any atom is 0.255 e. The molecule has 0 fully saturated rings. The molecular formula is C22H18N4O. The van der Waals surface area contributed by atoms with E-state index in [1.54, 1.807) is 30.7 Å². The molecule has 0 unspecified atom stereocenters. The van der Waals surface area contributed by atoms with Crippen molar-refractivity contribution in [2.75, 3.05) is 11.1 Å². The molecular weight excluding hydrogens is 336 g/mol. The lowest BCUT2D eigenvalue weighted by Gasteiger charge is -2.13. The third-order valence-electron chi connectivity index (χ3n) is 4.31. The number of carbonyl (C=O) groups excluding carboxylic acids is 1. The van der Waals surface area contributed by atoms with Crippen molar-refractivity contribution in [1.29, 1.82) is 0 Å². The summed E-state index contributed by atoms with van der Waals surface area (Å²) in [5.74, 6) is -0.185. The quantitative estimate of drug-likeness (QED) is 0.534. The smallest absolute Gasteiger partial charge is 0.255 e. The normalized spacial score (nSPS) is 10.5. The minimum Gasteiger partial charge on any atom is -0.399 e. The Morgan fingerprint density at radius 3 is 2.44 bits per heavy atom. The van der Waals surface area contributed by atoms with E-state index < -0.39 is 0 Å². The van der Waals surface area contributed by atoms with Crippen LogP contribution in [0.25, 0.3) is 16.8 Å². The van der Waals surface area contributed by atoms with Gasteiger partial charge in [-0.2, -0.15) is 0 Å². The number of nitrogens with zero attached hydrogens (tertiary/aromatic N) is 2. The predicted molar refractivity (Wildman–Crippen MR) is 108 cm³/mol. The van der Waals surface area contributed by atoms with Gasteiger partial charge in [0.05, 0.1) is 12.0 Å². The minimum absolute atomic E-state index is 0.185. The second-order valence-electron chi connectivity index (χ2n) is 6.14. The number of amides is 1. The average molecular weight is 354 g/mol. The summed E-state index contributed by atoms with van der Waals surface area (Å²) in [6.45, 7) is 0. The molecule has 0 bridgehead atoms. The van der Waals surface area contributed by atoms with Crippen LogP contribution in [-0.4, -0.2) is 15.5 Å². The number of imidazole rings is 1. The van der Waals surface area contributed by atoms with Gasteiger partial charge in [0, 0.05) is 34.9 Å². The van der Waals surface area contributed by atoms with E-state index in [1.807, 2.05) is 65.4 Å². The molecule has 0 aliphatic heterocycles. The van der Waals surface area contributed by atoms with Crippen LogP contribution in [0.1, 0.15) is 10.4 Å². The van der Waals surface area contributed by atoms with Gasteiger partial charge in [-0.1, -0.05) is 36.4 Å². The molecule has 0 aliphatic rings. The average Bonchev–Trinajstić information content (AvgIpc) is 3.24. The number of benzene rings is 3. The van der Waals surface area contributed by atoms with Gasteiger partial charge in [0.15, 0.2) is 0 Å². The van der Waals surface area contributed by atoms with E-state index in [0.717, 1.165) is 16.8 Å². The summed E-state index contributed by atoms with van der Waals surface area (Å²) >= 11 is 0. The zero-order valence-corrected chi connectivity index (χ0v) is 14.5. The van der Waals surface area contributed by atoms with Gasteiger partial charge < -0.3 is 15.6 Å². The van der Waals surface area contributed by atoms with Gasteiger partial charge >= 0.3 is 0 Å².